The smallest absolute Gasteiger partial charge is 0.281 e. The predicted octanol–water partition coefficient (Wildman–Crippen LogP) is 2.99. The molecule has 3 nitrogen and oxygen atoms in total. The van der Waals surface area contributed by atoms with Gasteiger partial charge >= 0.3 is 6.18 Å². The zero-order valence-corrected chi connectivity index (χ0v) is 9.17. The van der Waals surface area contributed by atoms with Crippen molar-refractivity contribution >= 4 is 21.6 Å². The first kappa shape index (κ1) is 11.0. The highest BCUT2D eigenvalue weighted by Gasteiger charge is 2.34. The molecule has 0 saturated carbocycles. The van der Waals surface area contributed by atoms with Crippen molar-refractivity contribution in [1.29, 1.82) is 5.26 Å². The molecule has 0 aromatic carbocycles. The minimum atomic E-state index is -4.49. The maximum atomic E-state index is 12.7. The molecule has 16 heavy (non-hydrogen) atoms. The molecule has 0 unspecified atom stereocenters. The van der Waals surface area contributed by atoms with Crippen LogP contribution < -0.4 is 0 Å². The monoisotopic (exact) mass is 289 g/mol. The van der Waals surface area contributed by atoms with E-state index in [1.165, 1.54) is 6.20 Å². The van der Waals surface area contributed by atoms with E-state index < -0.39 is 11.9 Å². The second-order valence-corrected chi connectivity index (χ2v) is 3.79. The summed E-state index contributed by atoms with van der Waals surface area (Å²) in [6.07, 6.45) is -3.26. The average Bonchev–Trinajstić information content (AvgIpc) is 2.58. The van der Waals surface area contributed by atoms with E-state index in [0.717, 1.165) is 16.5 Å². The summed E-state index contributed by atoms with van der Waals surface area (Å²) < 4.78 is 39.0. The van der Waals surface area contributed by atoms with Gasteiger partial charge in [0.2, 0.25) is 0 Å². The zero-order valence-electron chi connectivity index (χ0n) is 7.59. The molecule has 0 saturated heterocycles. The summed E-state index contributed by atoms with van der Waals surface area (Å²) in [7, 11) is 0. The highest BCUT2D eigenvalue weighted by atomic mass is 79.9. The van der Waals surface area contributed by atoms with Gasteiger partial charge in [0.1, 0.15) is 16.4 Å². The van der Waals surface area contributed by atoms with Crippen LogP contribution in [0.15, 0.2) is 22.9 Å². The van der Waals surface area contributed by atoms with Crippen molar-refractivity contribution in [2.45, 2.75) is 6.18 Å². The number of pyridine rings is 1. The number of hydrogen-bond donors (Lipinski definition) is 0. The summed E-state index contributed by atoms with van der Waals surface area (Å²) in [6.45, 7) is 0. The maximum Gasteiger partial charge on any atom is 0.431 e. The van der Waals surface area contributed by atoms with Gasteiger partial charge in [0.15, 0.2) is 5.65 Å². The first-order valence-electron chi connectivity index (χ1n) is 4.08. The first-order valence-corrected chi connectivity index (χ1v) is 4.87. The number of nitrogens with zero attached hydrogens (tertiary/aromatic N) is 3. The second kappa shape index (κ2) is 3.49. The van der Waals surface area contributed by atoms with E-state index in [2.05, 4.69) is 20.9 Å². The van der Waals surface area contributed by atoms with Crippen LogP contribution in [-0.2, 0) is 6.18 Å². The maximum absolute atomic E-state index is 12.7. The summed E-state index contributed by atoms with van der Waals surface area (Å²) in [5, 5.41) is 8.74. The molecule has 0 spiro atoms. The average molecular weight is 290 g/mol. The standard InChI is InChI=1S/C9H3BrF3N3/c10-7-4-15-8-5(3-14)1-2-6(16(7)8)9(11,12)13/h1-2,4H. The molecule has 0 amide bonds. The Labute approximate surface area is 96.3 Å². The van der Waals surface area contributed by atoms with Crippen molar-refractivity contribution in [3.05, 3.63) is 34.2 Å². The van der Waals surface area contributed by atoms with E-state index in [4.69, 9.17) is 5.26 Å². The number of alkyl halides is 3. The van der Waals surface area contributed by atoms with Crippen LogP contribution in [0, 0.1) is 11.3 Å². The van der Waals surface area contributed by atoms with Crippen molar-refractivity contribution in [3.8, 4) is 6.07 Å². The van der Waals surface area contributed by atoms with Gasteiger partial charge in [-0.25, -0.2) is 4.98 Å². The van der Waals surface area contributed by atoms with Crippen LogP contribution in [0.25, 0.3) is 5.65 Å². The fourth-order valence-corrected chi connectivity index (χ4v) is 1.83. The number of hydrogen-bond acceptors (Lipinski definition) is 2. The Balaban J connectivity index is 2.90. The number of rotatable bonds is 0. The van der Waals surface area contributed by atoms with Crippen molar-refractivity contribution in [3.63, 3.8) is 0 Å². The molecule has 2 aromatic rings. The van der Waals surface area contributed by atoms with E-state index in [1.54, 1.807) is 6.07 Å². The van der Waals surface area contributed by atoms with Gasteiger partial charge < -0.3 is 0 Å². The summed E-state index contributed by atoms with van der Waals surface area (Å²) in [5.74, 6) is 0. The number of nitriles is 1. The Kier molecular flexibility index (Phi) is 2.39. The Morgan fingerprint density at radius 3 is 2.62 bits per heavy atom. The zero-order chi connectivity index (χ0) is 11.9. The van der Waals surface area contributed by atoms with E-state index >= 15 is 0 Å². The number of fused-ring (bicyclic) bond motifs is 1. The van der Waals surface area contributed by atoms with Crippen LogP contribution in [-0.4, -0.2) is 9.38 Å². The van der Waals surface area contributed by atoms with Crippen LogP contribution in [0.2, 0.25) is 0 Å². The van der Waals surface area contributed by atoms with Gasteiger partial charge in [-0.05, 0) is 28.1 Å². The molecule has 2 aromatic heterocycles. The van der Waals surface area contributed by atoms with Crippen LogP contribution in [0.4, 0.5) is 13.2 Å². The van der Waals surface area contributed by atoms with E-state index in [-0.39, 0.29) is 15.8 Å². The third-order valence-electron chi connectivity index (χ3n) is 2.02. The van der Waals surface area contributed by atoms with Gasteiger partial charge in [-0.2, -0.15) is 18.4 Å². The normalized spacial score (nSPS) is 11.7. The molecular formula is C9H3BrF3N3. The van der Waals surface area contributed by atoms with Crippen LogP contribution >= 0.6 is 15.9 Å². The lowest BCUT2D eigenvalue weighted by atomic mass is 10.2. The van der Waals surface area contributed by atoms with Gasteiger partial charge in [0.05, 0.1) is 11.8 Å². The molecule has 7 heteroatoms. The summed E-state index contributed by atoms with van der Waals surface area (Å²) >= 11 is 2.96. The fourth-order valence-electron chi connectivity index (χ4n) is 1.37. The number of halogens is 4. The molecule has 0 aliphatic rings. The third-order valence-corrected chi connectivity index (χ3v) is 2.58. The Morgan fingerprint density at radius 1 is 1.38 bits per heavy atom. The molecule has 2 rings (SSSR count). The quantitative estimate of drug-likeness (QED) is 0.748. The highest BCUT2D eigenvalue weighted by molar-refractivity contribution is 9.10. The van der Waals surface area contributed by atoms with Crippen molar-refractivity contribution in [1.82, 2.24) is 9.38 Å². The van der Waals surface area contributed by atoms with Crippen molar-refractivity contribution < 1.29 is 13.2 Å². The highest BCUT2D eigenvalue weighted by Crippen LogP contribution is 2.32. The van der Waals surface area contributed by atoms with E-state index in [0.29, 0.717) is 0 Å². The fraction of sp³-hybridized carbons (Fsp3) is 0.111. The summed E-state index contributed by atoms with van der Waals surface area (Å²) in [6, 6.07) is 3.76. The third kappa shape index (κ3) is 1.55. The molecule has 0 fully saturated rings. The Morgan fingerprint density at radius 2 is 2.06 bits per heavy atom. The lowest BCUT2D eigenvalue weighted by Gasteiger charge is -2.10. The SMILES string of the molecule is N#Cc1ccc(C(F)(F)F)n2c(Br)cnc12. The van der Waals surface area contributed by atoms with E-state index in [1.807, 2.05) is 0 Å². The van der Waals surface area contributed by atoms with Gasteiger partial charge in [0, 0.05) is 0 Å². The lowest BCUT2D eigenvalue weighted by Crippen LogP contribution is -2.12. The minimum absolute atomic E-state index is 0.01000. The summed E-state index contributed by atoms with van der Waals surface area (Å²) in [4.78, 5) is 3.76. The molecule has 0 aliphatic carbocycles. The molecule has 0 bridgehead atoms. The van der Waals surface area contributed by atoms with Crippen molar-refractivity contribution in [2.24, 2.45) is 0 Å². The Bertz CT molecular complexity index is 594. The van der Waals surface area contributed by atoms with Crippen LogP contribution in [0.3, 0.4) is 0 Å². The van der Waals surface area contributed by atoms with Crippen LogP contribution in [0.1, 0.15) is 11.3 Å². The Hall–Kier alpha value is -1.55. The van der Waals surface area contributed by atoms with Gasteiger partial charge in [-0.3, -0.25) is 4.40 Å². The molecular weight excluding hydrogens is 287 g/mol. The molecule has 0 N–H and O–H groups in total. The predicted molar refractivity (Wildman–Crippen MR) is 52.6 cm³/mol. The molecule has 0 atom stereocenters. The van der Waals surface area contributed by atoms with Gasteiger partial charge in [-0.15, -0.1) is 0 Å². The molecule has 82 valence electrons. The van der Waals surface area contributed by atoms with Gasteiger partial charge in [0.25, 0.3) is 0 Å². The van der Waals surface area contributed by atoms with Gasteiger partial charge in [-0.1, -0.05) is 0 Å². The number of aromatic nitrogens is 2. The molecule has 2 heterocycles. The topological polar surface area (TPSA) is 41.1 Å². The minimum Gasteiger partial charge on any atom is -0.281 e. The summed E-state index contributed by atoms with van der Waals surface area (Å²) in [5.41, 5.74) is -0.784. The lowest BCUT2D eigenvalue weighted by molar-refractivity contribution is -0.142. The van der Waals surface area contributed by atoms with Crippen LogP contribution in [0.5, 0.6) is 0 Å². The second-order valence-electron chi connectivity index (χ2n) is 2.98. The number of imidazole rings is 1. The first-order chi connectivity index (χ1) is 7.45. The molecule has 0 radical (unpaired) electrons. The largest absolute Gasteiger partial charge is 0.431 e. The molecule has 0 aliphatic heterocycles. The van der Waals surface area contributed by atoms with E-state index in [9.17, 15) is 13.2 Å². The van der Waals surface area contributed by atoms with Crippen molar-refractivity contribution in [2.75, 3.05) is 0 Å².